The van der Waals surface area contributed by atoms with Crippen molar-refractivity contribution in [3.05, 3.63) is 70.3 Å². The van der Waals surface area contributed by atoms with Crippen LogP contribution >= 0.6 is 0 Å². The first-order chi connectivity index (χ1) is 14.3. The molecule has 1 heterocycles. The number of hydrogen-bond acceptors (Lipinski definition) is 4. The Labute approximate surface area is 173 Å². The van der Waals surface area contributed by atoms with Crippen molar-refractivity contribution in [2.45, 2.75) is 26.7 Å². The molecule has 1 saturated heterocycles. The van der Waals surface area contributed by atoms with Crippen molar-refractivity contribution in [1.29, 1.82) is 0 Å². The number of aryl methyl sites for hydroxylation is 2. The molecular weight excluding hydrogens is 392 g/mol. The molecular formula is C23H23F2NO4. The van der Waals surface area contributed by atoms with Crippen molar-refractivity contribution >= 4 is 17.7 Å². The van der Waals surface area contributed by atoms with E-state index >= 15 is 0 Å². The molecule has 1 aliphatic rings. The van der Waals surface area contributed by atoms with E-state index in [1.54, 1.807) is 6.07 Å². The molecule has 2 aromatic rings. The number of likely N-dealkylation sites (tertiary alicyclic amines) is 1. The Hall–Kier alpha value is -3.09. The Balaban J connectivity index is 1.52. The lowest BCUT2D eigenvalue weighted by molar-refractivity contribution is -0.148. The maximum atomic E-state index is 13.8. The van der Waals surface area contributed by atoms with Crippen molar-refractivity contribution in [2.24, 2.45) is 5.92 Å². The standard InChI is InChI=1S/C23H23F2NO4/c1-14-3-4-15(2)19(11-14)21(27)13-30-23(29)16-7-9-26(10-8-16)22(28)18-6-5-17(24)12-20(18)25/h3-6,11-12,16H,7-10,13H2,1-2H3. The summed E-state index contributed by atoms with van der Waals surface area (Å²) in [5, 5.41) is 0. The molecule has 158 valence electrons. The fourth-order valence-electron chi connectivity index (χ4n) is 3.52. The molecule has 1 amide bonds. The minimum absolute atomic E-state index is 0.198. The van der Waals surface area contributed by atoms with E-state index in [-0.39, 0.29) is 31.0 Å². The third-order valence-corrected chi connectivity index (χ3v) is 5.32. The summed E-state index contributed by atoms with van der Waals surface area (Å²) in [6.45, 7) is 3.88. The number of carbonyl (C=O) groups excluding carboxylic acids is 3. The largest absolute Gasteiger partial charge is 0.457 e. The molecule has 30 heavy (non-hydrogen) atoms. The molecule has 3 rings (SSSR count). The molecule has 0 unspecified atom stereocenters. The highest BCUT2D eigenvalue weighted by Crippen LogP contribution is 2.22. The topological polar surface area (TPSA) is 63.7 Å². The number of halogens is 2. The quantitative estimate of drug-likeness (QED) is 0.550. The van der Waals surface area contributed by atoms with Crippen LogP contribution in [0.5, 0.6) is 0 Å². The van der Waals surface area contributed by atoms with Crippen LogP contribution < -0.4 is 0 Å². The van der Waals surface area contributed by atoms with Gasteiger partial charge in [-0.3, -0.25) is 14.4 Å². The maximum Gasteiger partial charge on any atom is 0.309 e. The van der Waals surface area contributed by atoms with Crippen LogP contribution in [0.2, 0.25) is 0 Å². The van der Waals surface area contributed by atoms with Gasteiger partial charge in [-0.25, -0.2) is 8.78 Å². The normalized spacial score (nSPS) is 14.5. The SMILES string of the molecule is Cc1ccc(C)c(C(=O)COC(=O)C2CCN(C(=O)c3ccc(F)cc3F)CC2)c1. The van der Waals surface area contributed by atoms with E-state index in [4.69, 9.17) is 4.74 Å². The summed E-state index contributed by atoms with van der Waals surface area (Å²) in [4.78, 5) is 38.6. The predicted molar refractivity (Wildman–Crippen MR) is 106 cm³/mol. The number of esters is 1. The van der Waals surface area contributed by atoms with Crippen LogP contribution in [0.3, 0.4) is 0 Å². The van der Waals surface area contributed by atoms with Gasteiger partial charge in [-0.05, 0) is 50.5 Å². The Bertz CT molecular complexity index is 981. The number of carbonyl (C=O) groups is 3. The highest BCUT2D eigenvalue weighted by molar-refractivity contribution is 5.99. The van der Waals surface area contributed by atoms with E-state index in [2.05, 4.69) is 0 Å². The van der Waals surface area contributed by atoms with Crippen molar-refractivity contribution in [1.82, 2.24) is 4.90 Å². The minimum Gasteiger partial charge on any atom is -0.457 e. The number of hydrogen-bond donors (Lipinski definition) is 0. The van der Waals surface area contributed by atoms with Gasteiger partial charge in [-0.1, -0.05) is 17.7 Å². The second-order valence-corrected chi connectivity index (χ2v) is 7.54. The lowest BCUT2D eigenvalue weighted by Crippen LogP contribution is -2.41. The smallest absolute Gasteiger partial charge is 0.309 e. The van der Waals surface area contributed by atoms with E-state index in [0.29, 0.717) is 24.5 Å². The third-order valence-electron chi connectivity index (χ3n) is 5.32. The zero-order valence-corrected chi connectivity index (χ0v) is 16.9. The van der Waals surface area contributed by atoms with Gasteiger partial charge in [-0.2, -0.15) is 0 Å². The molecule has 0 aliphatic carbocycles. The van der Waals surface area contributed by atoms with E-state index in [9.17, 15) is 23.2 Å². The van der Waals surface area contributed by atoms with Crippen LogP contribution in [0.25, 0.3) is 0 Å². The molecule has 0 atom stereocenters. The molecule has 0 aromatic heterocycles. The summed E-state index contributed by atoms with van der Waals surface area (Å²) in [7, 11) is 0. The van der Waals surface area contributed by atoms with E-state index < -0.39 is 29.4 Å². The van der Waals surface area contributed by atoms with Crippen molar-refractivity contribution in [2.75, 3.05) is 19.7 Å². The van der Waals surface area contributed by atoms with Crippen LogP contribution in [0.1, 0.15) is 44.7 Å². The second kappa shape index (κ2) is 9.15. The third kappa shape index (κ3) is 4.90. The molecule has 5 nitrogen and oxygen atoms in total. The van der Waals surface area contributed by atoms with E-state index in [1.165, 1.54) is 4.90 Å². The van der Waals surface area contributed by atoms with Crippen molar-refractivity contribution in [3.63, 3.8) is 0 Å². The monoisotopic (exact) mass is 415 g/mol. The molecule has 0 spiro atoms. The van der Waals surface area contributed by atoms with Crippen LogP contribution in [0.15, 0.2) is 36.4 Å². The average molecular weight is 415 g/mol. The summed E-state index contributed by atoms with van der Waals surface area (Å²) in [5.41, 5.74) is 2.10. The van der Waals surface area contributed by atoms with E-state index in [1.807, 2.05) is 26.0 Å². The van der Waals surface area contributed by atoms with Gasteiger partial charge in [0.15, 0.2) is 6.61 Å². The molecule has 2 aromatic carbocycles. The summed E-state index contributed by atoms with van der Waals surface area (Å²) >= 11 is 0. The number of nitrogens with zero attached hydrogens (tertiary/aromatic N) is 1. The summed E-state index contributed by atoms with van der Waals surface area (Å²) in [6, 6.07) is 8.35. The van der Waals surface area contributed by atoms with Gasteiger partial charge < -0.3 is 9.64 Å². The predicted octanol–water partition coefficient (Wildman–Crippen LogP) is 3.86. The van der Waals surface area contributed by atoms with Crippen LogP contribution in [0.4, 0.5) is 8.78 Å². The first-order valence-corrected chi connectivity index (χ1v) is 9.77. The average Bonchev–Trinajstić information content (AvgIpc) is 2.73. The Kier molecular flexibility index (Phi) is 6.59. The Morgan fingerprint density at radius 1 is 1.00 bits per heavy atom. The number of ketones is 1. The first kappa shape index (κ1) is 21.6. The van der Waals surface area contributed by atoms with Crippen LogP contribution in [-0.4, -0.2) is 42.3 Å². The fraction of sp³-hybridized carbons (Fsp3) is 0.348. The molecule has 0 bridgehead atoms. The van der Waals surface area contributed by atoms with Gasteiger partial charge in [0, 0.05) is 24.7 Å². The van der Waals surface area contributed by atoms with Gasteiger partial charge in [0.1, 0.15) is 11.6 Å². The number of amides is 1. The zero-order valence-electron chi connectivity index (χ0n) is 16.9. The summed E-state index contributed by atoms with van der Waals surface area (Å²) < 4.78 is 32.1. The number of ether oxygens (including phenoxy) is 1. The fourth-order valence-corrected chi connectivity index (χ4v) is 3.52. The molecule has 1 fully saturated rings. The van der Waals surface area contributed by atoms with Crippen molar-refractivity contribution < 1.29 is 27.9 Å². The number of benzene rings is 2. The highest BCUT2D eigenvalue weighted by atomic mass is 19.1. The lowest BCUT2D eigenvalue weighted by Gasteiger charge is -2.31. The minimum atomic E-state index is -0.911. The molecule has 0 saturated carbocycles. The lowest BCUT2D eigenvalue weighted by atomic mass is 9.96. The number of piperidine rings is 1. The molecule has 1 aliphatic heterocycles. The van der Waals surface area contributed by atoms with Crippen molar-refractivity contribution in [3.8, 4) is 0 Å². The van der Waals surface area contributed by atoms with Crippen LogP contribution in [0, 0.1) is 31.4 Å². The molecule has 0 N–H and O–H groups in total. The van der Waals surface area contributed by atoms with Gasteiger partial charge >= 0.3 is 5.97 Å². The molecule has 7 heteroatoms. The number of Topliss-reactive ketones (excluding diaryl/α,β-unsaturated/α-hetero) is 1. The Morgan fingerprint density at radius 2 is 1.70 bits per heavy atom. The Morgan fingerprint density at radius 3 is 2.37 bits per heavy atom. The highest BCUT2D eigenvalue weighted by Gasteiger charge is 2.30. The second-order valence-electron chi connectivity index (χ2n) is 7.54. The van der Waals surface area contributed by atoms with E-state index in [0.717, 1.165) is 23.3 Å². The van der Waals surface area contributed by atoms with Gasteiger partial charge in [0.25, 0.3) is 5.91 Å². The van der Waals surface area contributed by atoms with Gasteiger partial charge in [0.2, 0.25) is 5.78 Å². The summed E-state index contributed by atoms with van der Waals surface area (Å²) in [5.74, 6) is -3.37. The maximum absolute atomic E-state index is 13.8. The zero-order chi connectivity index (χ0) is 21.8. The van der Waals surface area contributed by atoms with Gasteiger partial charge in [-0.15, -0.1) is 0 Å². The van der Waals surface area contributed by atoms with Crippen LogP contribution in [-0.2, 0) is 9.53 Å². The first-order valence-electron chi connectivity index (χ1n) is 9.77. The summed E-state index contributed by atoms with van der Waals surface area (Å²) in [6.07, 6.45) is 0.704. The molecule has 0 radical (unpaired) electrons. The number of rotatable bonds is 5. The van der Waals surface area contributed by atoms with Gasteiger partial charge in [0.05, 0.1) is 11.5 Å².